The number of ether oxygens (including phenoxy) is 4. The summed E-state index contributed by atoms with van der Waals surface area (Å²) in [5, 5.41) is 2.76. The minimum absolute atomic E-state index is 0.0456. The molecule has 37 heavy (non-hydrogen) atoms. The lowest BCUT2D eigenvalue weighted by atomic mass is 10.0. The van der Waals surface area contributed by atoms with Crippen molar-refractivity contribution in [2.45, 2.75) is 71.4 Å². The highest BCUT2D eigenvalue weighted by Crippen LogP contribution is 2.31. The van der Waals surface area contributed by atoms with Crippen LogP contribution in [0.25, 0.3) is 11.3 Å². The molecule has 202 valence electrons. The number of nitrogens with zero attached hydrogens (tertiary/aromatic N) is 1. The molecule has 0 saturated carbocycles. The first kappa shape index (κ1) is 28.2. The number of aryl methyl sites for hydroxylation is 2. The summed E-state index contributed by atoms with van der Waals surface area (Å²) in [7, 11) is 1.27. The lowest BCUT2D eigenvalue weighted by molar-refractivity contribution is 0.0134. The van der Waals surface area contributed by atoms with Gasteiger partial charge in [-0.05, 0) is 70.2 Å². The van der Waals surface area contributed by atoms with Crippen molar-refractivity contribution in [1.29, 1.82) is 0 Å². The Balaban J connectivity index is 1.40. The molecule has 0 bridgehead atoms. The number of unbranched alkanes of at least 4 members (excludes halogenated alkanes) is 3. The van der Waals surface area contributed by atoms with Crippen molar-refractivity contribution in [2.75, 3.05) is 27.1 Å². The third kappa shape index (κ3) is 8.63. The number of methoxy groups -OCH3 is 1. The van der Waals surface area contributed by atoms with E-state index in [0.717, 1.165) is 55.3 Å². The number of carbonyl (C=O) groups is 2. The van der Waals surface area contributed by atoms with E-state index in [9.17, 15) is 14.4 Å². The zero-order valence-corrected chi connectivity index (χ0v) is 22.3. The monoisotopic (exact) mass is 514 g/mol. The molecule has 0 unspecified atom stereocenters. The van der Waals surface area contributed by atoms with Gasteiger partial charge in [0.15, 0.2) is 12.2 Å². The van der Waals surface area contributed by atoms with Gasteiger partial charge in [0.2, 0.25) is 0 Å². The maximum Gasteiger partial charge on any atom is 0.407 e. The number of rotatable bonds is 11. The Morgan fingerprint density at radius 3 is 2.62 bits per heavy atom. The van der Waals surface area contributed by atoms with Gasteiger partial charge in [-0.1, -0.05) is 12.8 Å². The molecule has 1 N–H and O–H groups in total. The van der Waals surface area contributed by atoms with Crippen molar-refractivity contribution in [3.63, 3.8) is 0 Å². The van der Waals surface area contributed by atoms with Crippen LogP contribution in [0, 0.1) is 0 Å². The lowest BCUT2D eigenvalue weighted by Crippen LogP contribution is -2.32. The van der Waals surface area contributed by atoms with Gasteiger partial charge >= 0.3 is 12.1 Å². The predicted molar refractivity (Wildman–Crippen MR) is 140 cm³/mol. The van der Waals surface area contributed by atoms with Gasteiger partial charge in [0.05, 0.1) is 19.4 Å². The summed E-state index contributed by atoms with van der Waals surface area (Å²) in [4.78, 5) is 36.0. The van der Waals surface area contributed by atoms with E-state index in [1.54, 1.807) is 6.20 Å². The first-order valence-electron chi connectivity index (χ1n) is 12.8. The first-order valence-corrected chi connectivity index (χ1v) is 12.8. The van der Waals surface area contributed by atoms with E-state index in [2.05, 4.69) is 5.32 Å². The summed E-state index contributed by atoms with van der Waals surface area (Å²) in [5.41, 5.74) is 2.05. The SMILES string of the molecule is COC(=O)c1cn2c(cc1=O)-c1ccc(OCOCCCCCCNC(=O)OC(C)(C)C)cc1CCC2. The summed E-state index contributed by atoms with van der Waals surface area (Å²) >= 11 is 0. The van der Waals surface area contributed by atoms with E-state index in [1.165, 1.54) is 13.2 Å². The summed E-state index contributed by atoms with van der Waals surface area (Å²) < 4.78 is 23.3. The van der Waals surface area contributed by atoms with Gasteiger partial charge in [-0.25, -0.2) is 9.59 Å². The number of hydrogen-bond acceptors (Lipinski definition) is 7. The number of pyridine rings is 1. The van der Waals surface area contributed by atoms with Gasteiger partial charge in [-0.15, -0.1) is 0 Å². The molecule has 9 heteroatoms. The van der Waals surface area contributed by atoms with Gasteiger partial charge < -0.3 is 28.8 Å². The minimum Gasteiger partial charge on any atom is -0.468 e. The van der Waals surface area contributed by atoms with E-state index in [0.29, 0.717) is 25.4 Å². The van der Waals surface area contributed by atoms with Crippen molar-refractivity contribution in [1.82, 2.24) is 9.88 Å². The molecule has 0 aliphatic carbocycles. The third-order valence-electron chi connectivity index (χ3n) is 5.92. The molecule has 1 aliphatic heterocycles. The highest BCUT2D eigenvalue weighted by molar-refractivity contribution is 5.89. The van der Waals surface area contributed by atoms with Crippen molar-refractivity contribution in [2.24, 2.45) is 0 Å². The fourth-order valence-electron chi connectivity index (χ4n) is 4.17. The summed E-state index contributed by atoms with van der Waals surface area (Å²) in [6.07, 6.45) is 6.73. The van der Waals surface area contributed by atoms with E-state index in [1.807, 2.05) is 43.5 Å². The normalized spacial score (nSPS) is 12.6. The van der Waals surface area contributed by atoms with Crippen LogP contribution in [0.2, 0.25) is 0 Å². The summed E-state index contributed by atoms with van der Waals surface area (Å²) in [6, 6.07) is 7.32. The number of carbonyl (C=O) groups excluding carboxylic acids is 2. The average Bonchev–Trinajstić information content (AvgIpc) is 3.01. The fourth-order valence-corrected chi connectivity index (χ4v) is 4.17. The van der Waals surface area contributed by atoms with Crippen LogP contribution in [0.15, 0.2) is 35.3 Å². The molecule has 0 saturated heterocycles. The molecular weight excluding hydrogens is 476 g/mol. The Morgan fingerprint density at radius 2 is 1.86 bits per heavy atom. The number of hydrogen-bond donors (Lipinski definition) is 1. The second kappa shape index (κ2) is 13.3. The van der Waals surface area contributed by atoms with Crippen LogP contribution in [0.4, 0.5) is 4.79 Å². The Labute approximate surface area is 218 Å². The molecule has 0 fully saturated rings. The van der Waals surface area contributed by atoms with E-state index >= 15 is 0 Å². The largest absolute Gasteiger partial charge is 0.468 e. The number of alkyl carbamates (subject to hydrolysis) is 1. The van der Waals surface area contributed by atoms with Crippen LogP contribution in [0.3, 0.4) is 0 Å². The van der Waals surface area contributed by atoms with E-state index < -0.39 is 11.6 Å². The lowest BCUT2D eigenvalue weighted by Gasteiger charge is -2.19. The van der Waals surface area contributed by atoms with Crippen molar-refractivity contribution < 1.29 is 28.5 Å². The maximum atomic E-state index is 12.5. The summed E-state index contributed by atoms with van der Waals surface area (Å²) in [5.74, 6) is 0.0951. The second-order valence-electron chi connectivity index (χ2n) is 10.1. The highest BCUT2D eigenvalue weighted by atomic mass is 16.7. The molecule has 3 rings (SSSR count). The van der Waals surface area contributed by atoms with E-state index in [-0.39, 0.29) is 23.9 Å². The van der Waals surface area contributed by atoms with Crippen molar-refractivity contribution in [3.05, 3.63) is 51.8 Å². The van der Waals surface area contributed by atoms with Crippen molar-refractivity contribution >= 4 is 12.1 Å². The van der Waals surface area contributed by atoms with Gasteiger partial charge in [0.1, 0.15) is 16.9 Å². The molecule has 2 aromatic rings. The first-order chi connectivity index (χ1) is 17.7. The molecule has 1 amide bonds. The topological polar surface area (TPSA) is 105 Å². The molecule has 9 nitrogen and oxygen atoms in total. The van der Waals surface area contributed by atoms with Crippen LogP contribution in [0.1, 0.15) is 68.8 Å². The molecule has 0 spiro atoms. The molecular formula is C28H38N2O7. The van der Waals surface area contributed by atoms with Crippen molar-refractivity contribution in [3.8, 4) is 17.0 Å². The number of esters is 1. The summed E-state index contributed by atoms with van der Waals surface area (Å²) in [6.45, 7) is 7.59. The Kier molecular flexibility index (Phi) is 10.1. The minimum atomic E-state index is -0.622. The average molecular weight is 515 g/mol. The van der Waals surface area contributed by atoms with Gasteiger partial charge in [-0.2, -0.15) is 0 Å². The number of nitrogens with one attached hydrogen (secondary N) is 1. The van der Waals surface area contributed by atoms with Crippen LogP contribution in [-0.4, -0.2) is 49.3 Å². The van der Waals surface area contributed by atoms with Crippen LogP contribution in [0.5, 0.6) is 5.75 Å². The van der Waals surface area contributed by atoms with Gasteiger partial charge in [0, 0.05) is 30.9 Å². The zero-order valence-electron chi connectivity index (χ0n) is 22.3. The van der Waals surface area contributed by atoms with Crippen LogP contribution < -0.4 is 15.5 Å². The molecule has 0 atom stereocenters. The number of benzene rings is 1. The smallest absolute Gasteiger partial charge is 0.407 e. The fraction of sp³-hybridized carbons (Fsp3) is 0.536. The van der Waals surface area contributed by atoms with Crippen LogP contribution in [-0.2, 0) is 27.2 Å². The maximum absolute atomic E-state index is 12.5. The number of aromatic nitrogens is 1. The predicted octanol–water partition coefficient (Wildman–Crippen LogP) is 4.69. The van der Waals surface area contributed by atoms with Crippen LogP contribution >= 0.6 is 0 Å². The Morgan fingerprint density at radius 1 is 1.08 bits per heavy atom. The zero-order chi connectivity index (χ0) is 26.8. The number of fused-ring (bicyclic) bond motifs is 3. The molecule has 0 radical (unpaired) electrons. The standard InChI is InChI=1S/C28H38N2O7/c1-28(2,3)37-27(33)29-13-7-5-6-8-15-35-19-36-21-11-12-22-20(16-21)10-9-14-30-18-23(26(32)34-4)25(31)17-24(22)30/h11-12,16-18H,5-10,13-15,19H2,1-4H3,(H,29,33). The van der Waals surface area contributed by atoms with Gasteiger partial charge in [0.25, 0.3) is 0 Å². The van der Waals surface area contributed by atoms with E-state index in [4.69, 9.17) is 18.9 Å². The highest BCUT2D eigenvalue weighted by Gasteiger charge is 2.19. The molecule has 1 aromatic carbocycles. The molecule has 2 heterocycles. The van der Waals surface area contributed by atoms with Gasteiger partial charge in [-0.3, -0.25) is 4.79 Å². The Hall–Kier alpha value is -3.33. The number of amides is 1. The quantitative estimate of drug-likeness (QED) is 0.264. The second-order valence-corrected chi connectivity index (χ2v) is 10.1. The molecule has 1 aromatic heterocycles. The third-order valence-corrected chi connectivity index (χ3v) is 5.92. The Bertz CT molecular complexity index is 1130. The molecule has 1 aliphatic rings.